The van der Waals surface area contributed by atoms with Gasteiger partial charge in [0.15, 0.2) is 5.78 Å². The molecule has 5 nitrogen and oxygen atoms in total. The van der Waals surface area contributed by atoms with E-state index in [1.807, 2.05) is 0 Å². The van der Waals surface area contributed by atoms with Crippen LogP contribution in [0, 0.1) is 11.3 Å². The highest BCUT2D eigenvalue weighted by Crippen LogP contribution is 2.49. The molecule has 0 saturated carbocycles. The topological polar surface area (TPSA) is 75.4 Å². The van der Waals surface area contributed by atoms with Crippen LogP contribution in [0.15, 0.2) is 12.3 Å². The molecule has 6 heteroatoms. The maximum Gasteiger partial charge on any atom is 0.240 e. The molecule has 0 aromatic rings. The van der Waals surface area contributed by atoms with Gasteiger partial charge < -0.3 is 10.6 Å². The van der Waals surface area contributed by atoms with Gasteiger partial charge in [0.2, 0.25) is 5.91 Å². The second kappa shape index (κ2) is 8.09. The van der Waals surface area contributed by atoms with E-state index in [0.29, 0.717) is 6.42 Å². The summed E-state index contributed by atoms with van der Waals surface area (Å²) in [5.41, 5.74) is 6.09. The third-order valence-electron chi connectivity index (χ3n) is 5.32. The Kier molecular flexibility index (Phi) is 7.11. The van der Waals surface area contributed by atoms with E-state index < -0.39 is 12.1 Å². The molecule has 25 heavy (non-hydrogen) atoms. The second-order valence-corrected chi connectivity index (χ2v) is 8.85. The Balaban J connectivity index is 3.16. The molecule has 1 rings (SSSR count). The molecule has 0 spiro atoms. The highest BCUT2D eigenvalue weighted by atomic mass is 35.5. The predicted molar refractivity (Wildman–Crippen MR) is 103 cm³/mol. The van der Waals surface area contributed by atoms with Crippen molar-refractivity contribution in [2.24, 2.45) is 17.1 Å². The fourth-order valence-electron chi connectivity index (χ4n) is 4.47. The van der Waals surface area contributed by atoms with Crippen molar-refractivity contribution in [3.05, 3.63) is 12.3 Å². The van der Waals surface area contributed by atoms with Crippen LogP contribution < -0.4 is 10.6 Å². The first-order valence-electron chi connectivity index (χ1n) is 9.05. The second-order valence-electron chi connectivity index (χ2n) is 8.63. The van der Waals surface area contributed by atoms with Crippen molar-refractivity contribution in [1.82, 2.24) is 9.74 Å². The van der Waals surface area contributed by atoms with Crippen molar-refractivity contribution in [2.45, 2.75) is 84.8 Å². The number of carbonyl (C=O) groups excluding carboxylic acids is 2. The van der Waals surface area contributed by atoms with Gasteiger partial charge in [0.05, 0.1) is 6.04 Å². The van der Waals surface area contributed by atoms with E-state index >= 15 is 0 Å². The summed E-state index contributed by atoms with van der Waals surface area (Å²) in [6, 6.07) is -0.836. The summed E-state index contributed by atoms with van der Waals surface area (Å²) in [5, 5.41) is 0. The van der Waals surface area contributed by atoms with Gasteiger partial charge in [0.1, 0.15) is 6.04 Å². The van der Waals surface area contributed by atoms with E-state index in [0.717, 1.165) is 25.0 Å². The van der Waals surface area contributed by atoms with Crippen LogP contribution >= 0.6 is 11.8 Å². The molecule has 1 amide bonds. The summed E-state index contributed by atoms with van der Waals surface area (Å²) < 4.78 is 0. The van der Waals surface area contributed by atoms with Gasteiger partial charge in [0, 0.05) is 23.6 Å². The minimum atomic E-state index is -0.423. The summed E-state index contributed by atoms with van der Waals surface area (Å²) in [6.45, 7) is 16.5. The number of halogens is 1. The smallest absolute Gasteiger partial charge is 0.240 e. The van der Waals surface area contributed by atoms with E-state index in [1.54, 1.807) is 6.92 Å². The monoisotopic (exact) mass is 371 g/mol. The Morgan fingerprint density at radius 3 is 2.36 bits per heavy atom. The largest absolute Gasteiger partial charge is 0.368 e. The molecule has 0 bridgehead atoms. The van der Waals surface area contributed by atoms with Gasteiger partial charge in [0.25, 0.3) is 0 Å². The summed E-state index contributed by atoms with van der Waals surface area (Å²) in [5.74, 6) is -0.324. The molecule has 3 N–H and O–H groups in total. The fourth-order valence-corrected chi connectivity index (χ4v) is 4.60. The van der Waals surface area contributed by atoms with Gasteiger partial charge in [-0.1, -0.05) is 33.8 Å². The van der Waals surface area contributed by atoms with Crippen LogP contribution in [0.25, 0.3) is 0 Å². The van der Waals surface area contributed by atoms with Crippen LogP contribution in [0.4, 0.5) is 0 Å². The first kappa shape index (κ1) is 22.0. The van der Waals surface area contributed by atoms with Crippen LogP contribution in [0.2, 0.25) is 0 Å². The molecule has 1 aliphatic rings. The Morgan fingerprint density at radius 2 is 1.92 bits per heavy atom. The number of carbonyl (C=O) groups is 2. The minimum Gasteiger partial charge on any atom is -0.368 e. The molecule has 1 saturated heterocycles. The summed E-state index contributed by atoms with van der Waals surface area (Å²) in [7, 11) is 0. The van der Waals surface area contributed by atoms with E-state index in [2.05, 4.69) is 50.9 Å². The van der Waals surface area contributed by atoms with Gasteiger partial charge in [-0.15, -0.1) is 0 Å². The molecule has 0 aromatic heterocycles. The van der Waals surface area contributed by atoms with Crippen LogP contribution in [0.5, 0.6) is 0 Å². The first-order valence-corrected chi connectivity index (χ1v) is 9.43. The van der Waals surface area contributed by atoms with E-state index in [-0.39, 0.29) is 28.6 Å². The molecular weight excluding hydrogens is 338 g/mol. The van der Waals surface area contributed by atoms with Gasteiger partial charge in [-0.25, -0.2) is 4.84 Å². The van der Waals surface area contributed by atoms with E-state index in [4.69, 9.17) is 17.5 Å². The van der Waals surface area contributed by atoms with Crippen molar-refractivity contribution in [1.29, 1.82) is 0 Å². The SMILES string of the molecule is C=C([C@H](CCC)CC(=O)C(C)NCl)N1[C@H](C(N)=O)C(C)(C)CC1(C)C. The maximum atomic E-state index is 12.4. The Morgan fingerprint density at radius 1 is 1.36 bits per heavy atom. The summed E-state index contributed by atoms with van der Waals surface area (Å²) in [6.07, 6.45) is 2.95. The number of amides is 1. The lowest BCUT2D eigenvalue weighted by Crippen LogP contribution is -2.51. The standard InChI is InChI=1S/C19H34ClN3O2/c1-8-9-14(10-15(24)12(2)22-20)13(3)23-16(17(21)25)18(4,5)11-19(23,6)7/h12,14,16,22H,3,8-11H2,1-2,4-7H3,(H2,21,25)/t12?,14-,16-/m1/s1. The molecule has 0 aromatic carbocycles. The van der Waals surface area contributed by atoms with Crippen molar-refractivity contribution >= 4 is 23.5 Å². The summed E-state index contributed by atoms with van der Waals surface area (Å²) in [4.78, 5) is 29.2. The quantitative estimate of drug-likeness (QED) is 0.609. The fraction of sp³-hybridized carbons (Fsp3) is 0.789. The maximum absolute atomic E-state index is 12.4. The number of nitrogens with one attached hydrogen (secondary N) is 1. The normalized spacial score (nSPS) is 24.0. The Bertz CT molecular complexity index is 531. The lowest BCUT2D eigenvalue weighted by molar-refractivity contribution is -0.125. The van der Waals surface area contributed by atoms with Gasteiger partial charge in [-0.3, -0.25) is 9.59 Å². The first-order chi connectivity index (χ1) is 11.4. The number of hydrogen-bond acceptors (Lipinski definition) is 4. The van der Waals surface area contributed by atoms with Crippen LogP contribution in [-0.2, 0) is 9.59 Å². The predicted octanol–water partition coefficient (Wildman–Crippen LogP) is 3.37. The zero-order chi connectivity index (χ0) is 19.6. The number of nitrogens with two attached hydrogens (primary N) is 1. The zero-order valence-electron chi connectivity index (χ0n) is 16.5. The number of ketones is 1. The average molecular weight is 372 g/mol. The molecule has 0 aliphatic carbocycles. The zero-order valence-corrected chi connectivity index (χ0v) is 17.2. The number of rotatable bonds is 9. The lowest BCUT2D eigenvalue weighted by Gasteiger charge is -2.42. The van der Waals surface area contributed by atoms with Crippen LogP contribution in [0.1, 0.15) is 67.2 Å². The lowest BCUT2D eigenvalue weighted by atomic mass is 9.81. The van der Waals surface area contributed by atoms with Crippen molar-refractivity contribution in [3.8, 4) is 0 Å². The van der Waals surface area contributed by atoms with Crippen molar-refractivity contribution in [2.75, 3.05) is 0 Å². The summed E-state index contributed by atoms with van der Waals surface area (Å²) >= 11 is 5.60. The number of nitrogens with zero attached hydrogens (tertiary/aromatic N) is 1. The highest BCUT2D eigenvalue weighted by Gasteiger charge is 2.54. The Labute approximate surface area is 157 Å². The number of allylic oxidation sites excluding steroid dienone is 1. The molecule has 1 unspecified atom stereocenters. The van der Waals surface area contributed by atoms with Gasteiger partial charge >= 0.3 is 0 Å². The highest BCUT2D eigenvalue weighted by molar-refractivity contribution is 6.15. The molecule has 1 fully saturated rings. The van der Waals surface area contributed by atoms with Crippen molar-refractivity contribution in [3.63, 3.8) is 0 Å². The average Bonchev–Trinajstić information content (AvgIpc) is 2.68. The van der Waals surface area contributed by atoms with Crippen molar-refractivity contribution < 1.29 is 9.59 Å². The third-order valence-corrected chi connectivity index (χ3v) is 5.65. The molecule has 144 valence electrons. The molecule has 0 radical (unpaired) electrons. The van der Waals surface area contributed by atoms with Gasteiger partial charge in [-0.2, -0.15) is 0 Å². The number of Topliss-reactive ketones (excluding diaryl/α,β-unsaturated/α-hetero) is 1. The van der Waals surface area contributed by atoms with Crippen LogP contribution in [0.3, 0.4) is 0 Å². The minimum absolute atomic E-state index is 0.0278. The Hall–Kier alpha value is -1.07. The number of likely N-dealkylation sites (tertiary alicyclic amines) is 1. The number of hydrogen-bond donors (Lipinski definition) is 2. The molecule has 1 heterocycles. The molecular formula is C19H34ClN3O2. The third kappa shape index (κ3) is 4.76. The van der Waals surface area contributed by atoms with Crippen LogP contribution in [-0.4, -0.2) is 34.2 Å². The van der Waals surface area contributed by atoms with Gasteiger partial charge in [-0.05, 0) is 50.8 Å². The molecule has 1 aliphatic heterocycles. The van der Waals surface area contributed by atoms with E-state index in [1.165, 1.54) is 0 Å². The number of primary amides is 1. The molecule has 3 atom stereocenters. The van der Waals surface area contributed by atoms with E-state index in [9.17, 15) is 9.59 Å².